The molecule has 0 bridgehead atoms. The Morgan fingerprint density at radius 2 is 2.00 bits per heavy atom. The number of pyridine rings is 1. The number of nitrogens with zero attached hydrogens (tertiary/aromatic N) is 1. The quantitative estimate of drug-likeness (QED) is 0.849. The van der Waals surface area contributed by atoms with E-state index in [-0.39, 0.29) is 0 Å². The normalized spacial score (nSPS) is 10.7. The van der Waals surface area contributed by atoms with Gasteiger partial charge in [-0.3, -0.25) is 4.98 Å². The highest BCUT2D eigenvalue weighted by Crippen LogP contribution is 2.28. The number of nitrogens with one attached hydrogen (secondary N) is 1. The van der Waals surface area contributed by atoms with Crippen LogP contribution in [0.25, 0.3) is 0 Å². The molecule has 0 amide bonds. The first-order chi connectivity index (χ1) is 10.2. The first-order valence-electron chi connectivity index (χ1n) is 7.12. The second-order valence-electron chi connectivity index (χ2n) is 5.13. The van der Waals surface area contributed by atoms with Crippen LogP contribution in [0, 0.1) is 0 Å². The monoisotopic (exact) mass is 286 g/mol. The molecule has 1 aromatic heterocycles. The summed E-state index contributed by atoms with van der Waals surface area (Å²) in [6.07, 6.45) is 1.76. The van der Waals surface area contributed by atoms with Gasteiger partial charge in [-0.05, 0) is 29.8 Å². The molecule has 1 aromatic carbocycles. The van der Waals surface area contributed by atoms with Crippen molar-refractivity contribution in [3.63, 3.8) is 0 Å². The Hall–Kier alpha value is -2.07. The first-order valence-corrected chi connectivity index (χ1v) is 7.12. The molecule has 1 N–H and O–H groups in total. The lowest BCUT2D eigenvalue weighted by atomic mass is 10.2. The zero-order chi connectivity index (χ0) is 15.1. The summed E-state index contributed by atoms with van der Waals surface area (Å²) in [7, 11) is 1.66. The molecular formula is C17H22N2O2. The molecule has 2 aromatic rings. The number of aromatic nitrogens is 1. The van der Waals surface area contributed by atoms with Gasteiger partial charge in [0.15, 0.2) is 11.5 Å². The van der Waals surface area contributed by atoms with Gasteiger partial charge in [0.05, 0.1) is 12.8 Å². The van der Waals surface area contributed by atoms with Gasteiger partial charge >= 0.3 is 0 Å². The molecule has 0 spiro atoms. The van der Waals surface area contributed by atoms with Crippen molar-refractivity contribution in [2.24, 2.45) is 0 Å². The van der Waals surface area contributed by atoms with Crippen LogP contribution in [0.15, 0.2) is 42.6 Å². The van der Waals surface area contributed by atoms with Crippen molar-refractivity contribution in [2.45, 2.75) is 33.0 Å². The summed E-state index contributed by atoms with van der Waals surface area (Å²) in [5.41, 5.74) is 2.07. The second kappa shape index (κ2) is 7.64. The minimum Gasteiger partial charge on any atom is -0.493 e. The average Bonchev–Trinajstić information content (AvgIpc) is 2.52. The summed E-state index contributed by atoms with van der Waals surface area (Å²) in [5.74, 6) is 1.48. The van der Waals surface area contributed by atoms with Crippen LogP contribution in [0.4, 0.5) is 0 Å². The largest absolute Gasteiger partial charge is 0.493 e. The first kappa shape index (κ1) is 15.3. The number of methoxy groups -OCH3 is 1. The Kier molecular flexibility index (Phi) is 5.58. The molecule has 0 fully saturated rings. The Balaban J connectivity index is 2.02. The minimum atomic E-state index is 0.431. The van der Waals surface area contributed by atoms with Gasteiger partial charge in [-0.1, -0.05) is 26.0 Å². The summed E-state index contributed by atoms with van der Waals surface area (Å²) < 4.78 is 11.2. The highest BCUT2D eigenvalue weighted by Gasteiger charge is 2.07. The number of benzene rings is 1. The summed E-state index contributed by atoms with van der Waals surface area (Å²) in [6.45, 7) is 5.50. The van der Waals surface area contributed by atoms with Gasteiger partial charge in [0, 0.05) is 18.8 Å². The number of hydrogen-bond donors (Lipinski definition) is 1. The van der Waals surface area contributed by atoms with Gasteiger partial charge in [0.25, 0.3) is 0 Å². The fourth-order valence-corrected chi connectivity index (χ4v) is 1.90. The van der Waals surface area contributed by atoms with Crippen molar-refractivity contribution in [3.05, 3.63) is 53.9 Å². The molecular weight excluding hydrogens is 264 g/mol. The van der Waals surface area contributed by atoms with E-state index >= 15 is 0 Å². The van der Waals surface area contributed by atoms with Crippen LogP contribution in [-0.4, -0.2) is 18.1 Å². The predicted molar refractivity (Wildman–Crippen MR) is 83.5 cm³/mol. The highest BCUT2D eigenvalue weighted by molar-refractivity contribution is 5.43. The molecule has 0 aliphatic carbocycles. The average molecular weight is 286 g/mol. The third-order valence-corrected chi connectivity index (χ3v) is 3.04. The van der Waals surface area contributed by atoms with Crippen molar-refractivity contribution >= 4 is 0 Å². The molecule has 4 nitrogen and oxygen atoms in total. The van der Waals surface area contributed by atoms with Crippen molar-refractivity contribution in [1.29, 1.82) is 0 Å². The van der Waals surface area contributed by atoms with Crippen LogP contribution in [-0.2, 0) is 13.2 Å². The highest BCUT2D eigenvalue weighted by atomic mass is 16.5. The molecule has 0 saturated carbocycles. The lowest BCUT2D eigenvalue weighted by Crippen LogP contribution is -2.21. The molecule has 112 valence electrons. The summed E-state index contributed by atoms with van der Waals surface area (Å²) >= 11 is 0. The van der Waals surface area contributed by atoms with Crippen molar-refractivity contribution in [2.75, 3.05) is 7.11 Å². The van der Waals surface area contributed by atoms with E-state index in [1.54, 1.807) is 13.3 Å². The molecule has 0 radical (unpaired) electrons. The molecule has 0 saturated heterocycles. The van der Waals surface area contributed by atoms with Crippen molar-refractivity contribution in [1.82, 2.24) is 10.3 Å². The van der Waals surface area contributed by atoms with Gasteiger partial charge in [-0.2, -0.15) is 0 Å². The fraction of sp³-hybridized carbons (Fsp3) is 0.353. The van der Waals surface area contributed by atoms with Crippen LogP contribution in [0.2, 0.25) is 0 Å². The Morgan fingerprint density at radius 3 is 2.67 bits per heavy atom. The topological polar surface area (TPSA) is 43.4 Å². The van der Waals surface area contributed by atoms with E-state index in [9.17, 15) is 0 Å². The number of ether oxygens (including phenoxy) is 2. The van der Waals surface area contributed by atoms with Gasteiger partial charge in [-0.25, -0.2) is 0 Å². The zero-order valence-electron chi connectivity index (χ0n) is 12.8. The molecule has 0 unspecified atom stereocenters. The van der Waals surface area contributed by atoms with Crippen LogP contribution in [0.3, 0.4) is 0 Å². The smallest absolute Gasteiger partial charge is 0.161 e. The SMILES string of the molecule is COc1cc(CNC(C)C)ccc1OCc1ccccn1. The third kappa shape index (κ3) is 4.76. The molecule has 0 aliphatic heterocycles. The molecule has 21 heavy (non-hydrogen) atoms. The molecule has 0 aliphatic rings. The van der Waals surface area contributed by atoms with E-state index in [4.69, 9.17) is 9.47 Å². The van der Waals surface area contributed by atoms with Crippen LogP contribution in [0.5, 0.6) is 11.5 Å². The minimum absolute atomic E-state index is 0.431. The standard InChI is InChI=1S/C17H22N2O2/c1-13(2)19-11-14-7-8-16(17(10-14)20-3)21-12-15-6-4-5-9-18-15/h4-10,13,19H,11-12H2,1-3H3. The van der Waals surface area contributed by atoms with E-state index in [1.807, 2.05) is 36.4 Å². The van der Waals surface area contributed by atoms with Crippen LogP contribution < -0.4 is 14.8 Å². The summed E-state index contributed by atoms with van der Waals surface area (Å²) in [6, 6.07) is 12.2. The zero-order valence-corrected chi connectivity index (χ0v) is 12.8. The fourth-order valence-electron chi connectivity index (χ4n) is 1.90. The van der Waals surface area contributed by atoms with E-state index in [0.717, 1.165) is 23.7 Å². The predicted octanol–water partition coefficient (Wildman–Crippen LogP) is 3.17. The molecule has 0 atom stereocenters. The molecule has 2 rings (SSSR count). The molecule has 4 heteroatoms. The Bertz CT molecular complexity index is 556. The van der Waals surface area contributed by atoms with E-state index in [1.165, 1.54) is 5.56 Å². The Morgan fingerprint density at radius 1 is 1.14 bits per heavy atom. The summed E-state index contributed by atoms with van der Waals surface area (Å²) in [4.78, 5) is 4.24. The maximum absolute atomic E-state index is 5.79. The lowest BCUT2D eigenvalue weighted by Gasteiger charge is -2.13. The molecule has 1 heterocycles. The van der Waals surface area contributed by atoms with E-state index < -0.39 is 0 Å². The summed E-state index contributed by atoms with van der Waals surface area (Å²) in [5, 5.41) is 3.38. The van der Waals surface area contributed by atoms with Gasteiger partial charge < -0.3 is 14.8 Å². The number of hydrogen-bond acceptors (Lipinski definition) is 4. The maximum atomic E-state index is 5.79. The van der Waals surface area contributed by atoms with E-state index in [0.29, 0.717) is 12.6 Å². The van der Waals surface area contributed by atoms with Crippen molar-refractivity contribution in [3.8, 4) is 11.5 Å². The maximum Gasteiger partial charge on any atom is 0.161 e. The van der Waals surface area contributed by atoms with Crippen LogP contribution >= 0.6 is 0 Å². The second-order valence-corrected chi connectivity index (χ2v) is 5.13. The Labute approximate surface area is 126 Å². The number of rotatable bonds is 7. The van der Waals surface area contributed by atoms with Crippen LogP contribution in [0.1, 0.15) is 25.1 Å². The van der Waals surface area contributed by atoms with Gasteiger partial charge in [-0.15, -0.1) is 0 Å². The van der Waals surface area contributed by atoms with Gasteiger partial charge in [0.2, 0.25) is 0 Å². The lowest BCUT2D eigenvalue weighted by molar-refractivity contribution is 0.280. The third-order valence-electron chi connectivity index (χ3n) is 3.04. The van der Waals surface area contributed by atoms with Gasteiger partial charge in [0.1, 0.15) is 6.61 Å². The van der Waals surface area contributed by atoms with Crippen molar-refractivity contribution < 1.29 is 9.47 Å². The van der Waals surface area contributed by atoms with E-state index in [2.05, 4.69) is 24.1 Å².